The average Bonchev–Trinajstić information content (AvgIpc) is 2.02. The molecule has 0 radical (unpaired) electrons. The summed E-state index contributed by atoms with van der Waals surface area (Å²) >= 11 is 2.58. The highest BCUT2D eigenvalue weighted by molar-refractivity contribution is 14.1. The molecule has 0 saturated heterocycles. The second-order valence-electron chi connectivity index (χ2n) is 3.86. The molecular weight excluding hydrogens is 259 g/mol. The molecule has 0 spiro atoms. The Morgan fingerprint density at radius 3 is 2.58 bits per heavy atom. The molecule has 1 aliphatic carbocycles. The van der Waals surface area contributed by atoms with E-state index in [1.807, 2.05) is 0 Å². The van der Waals surface area contributed by atoms with Crippen molar-refractivity contribution in [2.45, 2.75) is 55.3 Å². The first kappa shape index (κ1) is 10.6. The first-order chi connectivity index (χ1) is 5.79. The Morgan fingerprint density at radius 2 is 1.75 bits per heavy atom. The van der Waals surface area contributed by atoms with Gasteiger partial charge in [0.2, 0.25) is 0 Å². The summed E-state index contributed by atoms with van der Waals surface area (Å²) in [6, 6.07) is 0. The van der Waals surface area contributed by atoms with E-state index in [-0.39, 0.29) is 0 Å². The van der Waals surface area contributed by atoms with Gasteiger partial charge >= 0.3 is 0 Å². The van der Waals surface area contributed by atoms with Crippen molar-refractivity contribution in [2.24, 2.45) is 0 Å². The van der Waals surface area contributed by atoms with Crippen LogP contribution in [-0.4, -0.2) is 3.92 Å². The number of alkyl halides is 1. The summed E-state index contributed by atoms with van der Waals surface area (Å²) in [5.74, 6) is 0. The molecule has 1 fully saturated rings. The Bertz CT molecular complexity index is 140. The molecular formula is C11H19I. The molecule has 1 heteroatoms. The Labute approximate surface area is 90.0 Å². The smallest absolute Gasteiger partial charge is 0.0147 e. The van der Waals surface area contributed by atoms with Crippen molar-refractivity contribution in [3.63, 3.8) is 0 Å². The van der Waals surface area contributed by atoms with Crippen molar-refractivity contribution >= 4 is 22.6 Å². The van der Waals surface area contributed by atoms with Gasteiger partial charge in [-0.1, -0.05) is 60.4 Å². The van der Waals surface area contributed by atoms with Crippen LogP contribution in [0.1, 0.15) is 51.4 Å². The predicted molar refractivity (Wildman–Crippen MR) is 63.9 cm³/mol. The van der Waals surface area contributed by atoms with E-state index in [9.17, 15) is 0 Å². The van der Waals surface area contributed by atoms with Crippen molar-refractivity contribution < 1.29 is 0 Å². The molecule has 1 atom stereocenters. The van der Waals surface area contributed by atoms with Gasteiger partial charge in [-0.05, 0) is 25.7 Å². The van der Waals surface area contributed by atoms with Crippen LogP contribution in [0.25, 0.3) is 0 Å². The minimum atomic E-state index is 0.855. The van der Waals surface area contributed by atoms with Crippen LogP contribution in [-0.2, 0) is 0 Å². The van der Waals surface area contributed by atoms with Crippen LogP contribution >= 0.6 is 22.6 Å². The summed E-state index contributed by atoms with van der Waals surface area (Å²) < 4.78 is 0.855. The Morgan fingerprint density at radius 1 is 1.08 bits per heavy atom. The Kier molecular flexibility index (Phi) is 5.28. The molecule has 0 aromatic rings. The van der Waals surface area contributed by atoms with Gasteiger partial charge in [0.15, 0.2) is 0 Å². The summed E-state index contributed by atoms with van der Waals surface area (Å²) in [5.41, 5.74) is 1.48. The van der Waals surface area contributed by atoms with Crippen LogP contribution in [0.15, 0.2) is 12.2 Å². The Hall–Kier alpha value is 0.470. The van der Waals surface area contributed by atoms with E-state index < -0.39 is 0 Å². The topological polar surface area (TPSA) is 0 Å². The maximum atomic E-state index is 4.13. The van der Waals surface area contributed by atoms with Crippen molar-refractivity contribution in [3.8, 4) is 0 Å². The predicted octanol–water partition coefficient (Wildman–Crippen LogP) is 4.48. The van der Waals surface area contributed by atoms with E-state index in [1.54, 1.807) is 0 Å². The monoisotopic (exact) mass is 278 g/mol. The number of allylic oxidation sites excluding steroid dienone is 1. The van der Waals surface area contributed by atoms with Gasteiger partial charge in [-0.2, -0.15) is 0 Å². The molecule has 0 heterocycles. The number of rotatable bonds is 0. The van der Waals surface area contributed by atoms with Crippen molar-refractivity contribution in [2.75, 3.05) is 0 Å². The van der Waals surface area contributed by atoms with Gasteiger partial charge in [-0.25, -0.2) is 0 Å². The highest BCUT2D eigenvalue weighted by atomic mass is 127. The zero-order valence-corrected chi connectivity index (χ0v) is 9.98. The molecule has 70 valence electrons. The van der Waals surface area contributed by atoms with Crippen LogP contribution in [0.5, 0.6) is 0 Å². The fraction of sp³-hybridized carbons (Fsp3) is 0.818. The van der Waals surface area contributed by atoms with Gasteiger partial charge in [0.25, 0.3) is 0 Å². The normalized spacial score (nSPS) is 28.4. The van der Waals surface area contributed by atoms with Gasteiger partial charge in [0, 0.05) is 3.92 Å². The molecule has 1 unspecified atom stereocenters. The van der Waals surface area contributed by atoms with Gasteiger partial charge < -0.3 is 0 Å². The first-order valence-corrected chi connectivity index (χ1v) is 6.34. The second kappa shape index (κ2) is 6.01. The third-order valence-electron chi connectivity index (χ3n) is 2.56. The van der Waals surface area contributed by atoms with Crippen molar-refractivity contribution in [1.29, 1.82) is 0 Å². The number of hydrogen-bond donors (Lipinski definition) is 0. The molecule has 0 aromatic carbocycles. The van der Waals surface area contributed by atoms with Gasteiger partial charge in [-0.15, -0.1) is 0 Å². The zero-order chi connectivity index (χ0) is 8.81. The second-order valence-corrected chi connectivity index (χ2v) is 5.62. The van der Waals surface area contributed by atoms with E-state index in [0.29, 0.717) is 0 Å². The van der Waals surface area contributed by atoms with Crippen LogP contribution in [0.2, 0.25) is 0 Å². The van der Waals surface area contributed by atoms with Gasteiger partial charge in [0.05, 0.1) is 0 Å². The molecule has 12 heavy (non-hydrogen) atoms. The van der Waals surface area contributed by atoms with E-state index in [4.69, 9.17) is 0 Å². The molecule has 1 saturated carbocycles. The average molecular weight is 278 g/mol. The van der Waals surface area contributed by atoms with Crippen molar-refractivity contribution in [3.05, 3.63) is 12.2 Å². The lowest BCUT2D eigenvalue weighted by Gasteiger charge is -2.14. The minimum absolute atomic E-state index is 0.855. The lowest BCUT2D eigenvalue weighted by atomic mass is 9.98. The third-order valence-corrected chi connectivity index (χ3v) is 3.62. The maximum absolute atomic E-state index is 4.13. The van der Waals surface area contributed by atoms with Crippen LogP contribution in [0.4, 0.5) is 0 Å². The highest BCUT2D eigenvalue weighted by Gasteiger charge is 2.07. The fourth-order valence-corrected chi connectivity index (χ4v) is 2.85. The third kappa shape index (κ3) is 4.48. The molecule has 1 rings (SSSR count). The van der Waals surface area contributed by atoms with E-state index >= 15 is 0 Å². The standard InChI is InChI=1S/C11H19I/c1-10-7-5-3-2-4-6-8-11(12)9-10/h11H,1-9H2. The van der Waals surface area contributed by atoms with Gasteiger partial charge in [-0.3, -0.25) is 0 Å². The van der Waals surface area contributed by atoms with Crippen molar-refractivity contribution in [1.82, 2.24) is 0 Å². The quantitative estimate of drug-likeness (QED) is 0.348. The summed E-state index contributed by atoms with van der Waals surface area (Å²) in [5, 5.41) is 0. The zero-order valence-electron chi connectivity index (χ0n) is 7.82. The molecule has 0 aromatic heterocycles. The molecule has 0 nitrogen and oxygen atoms in total. The highest BCUT2D eigenvalue weighted by Crippen LogP contribution is 2.24. The van der Waals surface area contributed by atoms with Crippen LogP contribution < -0.4 is 0 Å². The van der Waals surface area contributed by atoms with Crippen LogP contribution in [0, 0.1) is 0 Å². The largest absolute Gasteiger partial charge is 0.0998 e. The summed E-state index contributed by atoms with van der Waals surface area (Å²) in [4.78, 5) is 0. The number of halogens is 1. The Balaban J connectivity index is 2.29. The summed E-state index contributed by atoms with van der Waals surface area (Å²) in [7, 11) is 0. The molecule has 0 bridgehead atoms. The van der Waals surface area contributed by atoms with Crippen LogP contribution in [0.3, 0.4) is 0 Å². The molecule has 1 aliphatic rings. The maximum Gasteiger partial charge on any atom is 0.0147 e. The van der Waals surface area contributed by atoms with Gasteiger partial charge in [0.1, 0.15) is 0 Å². The molecule has 0 amide bonds. The summed E-state index contributed by atoms with van der Waals surface area (Å²) in [6.45, 7) is 4.13. The van der Waals surface area contributed by atoms with E-state index in [0.717, 1.165) is 3.92 Å². The number of hydrogen-bond acceptors (Lipinski definition) is 0. The SMILES string of the molecule is C=C1CCCCCCCC(I)C1. The lowest BCUT2D eigenvalue weighted by molar-refractivity contribution is 0.564. The van der Waals surface area contributed by atoms with E-state index in [1.165, 1.54) is 56.9 Å². The fourth-order valence-electron chi connectivity index (χ4n) is 1.79. The van der Waals surface area contributed by atoms with E-state index in [2.05, 4.69) is 29.2 Å². The minimum Gasteiger partial charge on any atom is -0.0998 e. The first-order valence-electron chi connectivity index (χ1n) is 5.10. The summed E-state index contributed by atoms with van der Waals surface area (Å²) in [6.07, 6.45) is 11.1. The lowest BCUT2D eigenvalue weighted by Crippen LogP contribution is -2.01. The molecule has 0 N–H and O–H groups in total. The molecule has 0 aliphatic heterocycles.